The van der Waals surface area contributed by atoms with Crippen LogP contribution in [0.15, 0.2) is 35.4 Å². The van der Waals surface area contributed by atoms with Crippen LogP contribution < -0.4 is 5.32 Å². The number of thioether (sulfide) groups is 1. The van der Waals surface area contributed by atoms with Crippen molar-refractivity contribution in [3.05, 3.63) is 30.5 Å². The Bertz CT molecular complexity index is 587. The van der Waals surface area contributed by atoms with Crippen LogP contribution in [0.3, 0.4) is 0 Å². The van der Waals surface area contributed by atoms with Crippen molar-refractivity contribution in [1.82, 2.24) is 10.3 Å². The zero-order valence-electron chi connectivity index (χ0n) is 11.5. The Kier molecular flexibility index (Phi) is 4.31. The first-order valence-corrected chi connectivity index (χ1v) is 8.30. The minimum atomic E-state index is 0.159. The highest BCUT2D eigenvalue weighted by molar-refractivity contribution is 8.00. The number of benzene rings is 1. The summed E-state index contributed by atoms with van der Waals surface area (Å²) in [5.74, 6) is 0.658. The van der Waals surface area contributed by atoms with E-state index in [9.17, 15) is 4.79 Å². The molecule has 2 aromatic rings. The van der Waals surface area contributed by atoms with Gasteiger partial charge in [0.25, 0.3) is 0 Å². The number of hydrogen-bond acceptors (Lipinski definition) is 2. The van der Waals surface area contributed by atoms with E-state index < -0.39 is 0 Å². The monoisotopic (exact) mass is 288 g/mol. The average Bonchev–Trinajstić information content (AvgIpc) is 2.89. The molecule has 1 aromatic carbocycles. The number of nitrogens with one attached hydrogen (secondary N) is 2. The molecule has 1 heterocycles. The van der Waals surface area contributed by atoms with Crippen LogP contribution in [0.5, 0.6) is 0 Å². The normalized spacial score (nSPS) is 16.4. The van der Waals surface area contributed by atoms with E-state index in [0.717, 1.165) is 23.3 Å². The first-order chi connectivity index (χ1) is 9.83. The summed E-state index contributed by atoms with van der Waals surface area (Å²) in [6, 6.07) is 8.60. The number of aromatic amines is 1. The van der Waals surface area contributed by atoms with Crippen molar-refractivity contribution in [2.75, 3.05) is 5.75 Å². The smallest absolute Gasteiger partial charge is 0.230 e. The number of H-pyrrole nitrogens is 1. The number of carbonyl (C=O) groups excluding carboxylic acids is 1. The Morgan fingerprint density at radius 3 is 2.90 bits per heavy atom. The maximum Gasteiger partial charge on any atom is 0.230 e. The number of rotatable bonds is 4. The van der Waals surface area contributed by atoms with Crippen LogP contribution in [0.4, 0.5) is 0 Å². The van der Waals surface area contributed by atoms with Crippen molar-refractivity contribution in [2.45, 2.75) is 43.0 Å². The molecule has 1 saturated carbocycles. The molecule has 0 radical (unpaired) electrons. The highest BCUT2D eigenvalue weighted by Gasteiger charge is 2.16. The molecule has 3 nitrogen and oxygen atoms in total. The summed E-state index contributed by atoms with van der Waals surface area (Å²) in [5, 5.41) is 4.36. The topological polar surface area (TPSA) is 44.9 Å². The fraction of sp³-hybridized carbons (Fsp3) is 0.438. The maximum absolute atomic E-state index is 12.0. The Balaban J connectivity index is 1.54. The van der Waals surface area contributed by atoms with E-state index in [0.29, 0.717) is 11.8 Å². The lowest BCUT2D eigenvalue weighted by atomic mass is 9.95. The Morgan fingerprint density at radius 2 is 2.05 bits per heavy atom. The summed E-state index contributed by atoms with van der Waals surface area (Å²) in [6.45, 7) is 0. The van der Waals surface area contributed by atoms with Crippen molar-refractivity contribution >= 4 is 28.6 Å². The molecule has 1 aliphatic rings. The molecule has 1 aliphatic carbocycles. The van der Waals surface area contributed by atoms with Crippen LogP contribution in [0, 0.1) is 0 Å². The van der Waals surface area contributed by atoms with Gasteiger partial charge >= 0.3 is 0 Å². The number of amides is 1. The number of aromatic nitrogens is 1. The summed E-state index contributed by atoms with van der Waals surface area (Å²) >= 11 is 1.61. The van der Waals surface area contributed by atoms with Gasteiger partial charge in [-0.25, -0.2) is 0 Å². The summed E-state index contributed by atoms with van der Waals surface area (Å²) in [7, 11) is 0. The fourth-order valence-electron chi connectivity index (χ4n) is 2.82. The SMILES string of the molecule is O=C(CSc1c[nH]c2ccccc12)NC1CCCCC1. The van der Waals surface area contributed by atoms with Gasteiger partial charge in [-0.3, -0.25) is 4.79 Å². The first-order valence-electron chi connectivity index (χ1n) is 7.31. The summed E-state index contributed by atoms with van der Waals surface area (Å²) in [4.78, 5) is 16.4. The minimum absolute atomic E-state index is 0.159. The van der Waals surface area contributed by atoms with Gasteiger partial charge in [0.2, 0.25) is 5.91 Å². The zero-order chi connectivity index (χ0) is 13.8. The molecule has 2 N–H and O–H groups in total. The Morgan fingerprint density at radius 1 is 1.25 bits per heavy atom. The molecular weight excluding hydrogens is 268 g/mol. The molecule has 3 rings (SSSR count). The lowest BCUT2D eigenvalue weighted by Gasteiger charge is -2.22. The Labute approximate surface area is 123 Å². The average molecular weight is 288 g/mol. The molecule has 106 valence electrons. The van der Waals surface area contributed by atoms with Crippen LogP contribution in [-0.2, 0) is 4.79 Å². The molecule has 20 heavy (non-hydrogen) atoms. The van der Waals surface area contributed by atoms with Crippen LogP contribution >= 0.6 is 11.8 Å². The fourth-order valence-corrected chi connectivity index (χ4v) is 3.67. The quantitative estimate of drug-likeness (QED) is 0.842. The van der Waals surface area contributed by atoms with Gasteiger partial charge in [0.15, 0.2) is 0 Å². The van der Waals surface area contributed by atoms with Crippen LogP contribution in [0.25, 0.3) is 10.9 Å². The lowest BCUT2D eigenvalue weighted by molar-refractivity contribution is -0.119. The van der Waals surface area contributed by atoms with E-state index in [1.165, 1.54) is 24.6 Å². The number of fused-ring (bicyclic) bond motifs is 1. The van der Waals surface area contributed by atoms with Crippen LogP contribution in [0.2, 0.25) is 0 Å². The van der Waals surface area contributed by atoms with Gasteiger partial charge in [0.1, 0.15) is 0 Å². The third-order valence-corrected chi connectivity index (χ3v) is 4.94. The molecule has 0 unspecified atom stereocenters. The van der Waals surface area contributed by atoms with E-state index in [4.69, 9.17) is 0 Å². The van der Waals surface area contributed by atoms with Crippen LogP contribution in [0.1, 0.15) is 32.1 Å². The molecule has 1 amide bonds. The third-order valence-electron chi connectivity index (χ3n) is 3.88. The van der Waals surface area contributed by atoms with E-state index >= 15 is 0 Å². The van der Waals surface area contributed by atoms with Gasteiger partial charge < -0.3 is 10.3 Å². The summed E-state index contributed by atoms with van der Waals surface area (Å²) in [6.07, 6.45) is 8.09. The van der Waals surface area contributed by atoms with Crippen molar-refractivity contribution < 1.29 is 4.79 Å². The molecule has 0 bridgehead atoms. The predicted molar refractivity (Wildman–Crippen MR) is 84.0 cm³/mol. The van der Waals surface area contributed by atoms with Gasteiger partial charge in [-0.1, -0.05) is 37.5 Å². The number of hydrogen-bond donors (Lipinski definition) is 2. The van der Waals surface area contributed by atoms with Crippen molar-refractivity contribution in [1.29, 1.82) is 0 Å². The van der Waals surface area contributed by atoms with Gasteiger partial charge in [-0.15, -0.1) is 11.8 Å². The molecule has 4 heteroatoms. The summed E-state index contributed by atoms with van der Waals surface area (Å²) < 4.78 is 0. The predicted octanol–water partition coefficient (Wildman–Crippen LogP) is 3.71. The molecule has 1 aromatic heterocycles. The van der Waals surface area contributed by atoms with Gasteiger partial charge in [-0.2, -0.15) is 0 Å². The van der Waals surface area contributed by atoms with Crippen molar-refractivity contribution in [3.8, 4) is 0 Å². The maximum atomic E-state index is 12.0. The molecule has 0 atom stereocenters. The summed E-state index contributed by atoms with van der Waals surface area (Å²) in [5.41, 5.74) is 1.13. The number of para-hydroxylation sites is 1. The standard InChI is InChI=1S/C16H20N2OS/c19-16(18-12-6-2-1-3-7-12)11-20-15-10-17-14-9-5-4-8-13(14)15/h4-5,8-10,12,17H,1-3,6-7,11H2,(H,18,19). The second kappa shape index (κ2) is 6.35. The molecule has 0 aliphatic heterocycles. The number of carbonyl (C=O) groups is 1. The van der Waals surface area contributed by atoms with Gasteiger partial charge in [0.05, 0.1) is 5.75 Å². The molecule has 0 spiro atoms. The first kappa shape index (κ1) is 13.6. The highest BCUT2D eigenvalue weighted by Crippen LogP contribution is 2.27. The van der Waals surface area contributed by atoms with E-state index in [2.05, 4.69) is 22.4 Å². The second-order valence-electron chi connectivity index (χ2n) is 5.39. The van der Waals surface area contributed by atoms with Crippen LogP contribution in [-0.4, -0.2) is 22.7 Å². The van der Waals surface area contributed by atoms with E-state index in [1.54, 1.807) is 11.8 Å². The zero-order valence-corrected chi connectivity index (χ0v) is 12.3. The second-order valence-corrected chi connectivity index (χ2v) is 6.41. The molecular formula is C16H20N2OS. The van der Waals surface area contributed by atoms with E-state index in [-0.39, 0.29) is 5.91 Å². The van der Waals surface area contributed by atoms with Gasteiger partial charge in [0, 0.05) is 28.0 Å². The largest absolute Gasteiger partial charge is 0.360 e. The molecule has 1 fully saturated rings. The third kappa shape index (κ3) is 3.18. The van der Waals surface area contributed by atoms with Gasteiger partial charge in [-0.05, 0) is 18.9 Å². The molecule has 0 saturated heterocycles. The minimum Gasteiger partial charge on any atom is -0.360 e. The Hall–Kier alpha value is -1.42. The van der Waals surface area contributed by atoms with E-state index in [1.807, 2.05) is 18.3 Å². The highest BCUT2D eigenvalue weighted by atomic mass is 32.2. The van der Waals surface area contributed by atoms with Crippen molar-refractivity contribution in [3.63, 3.8) is 0 Å². The van der Waals surface area contributed by atoms with Crippen molar-refractivity contribution in [2.24, 2.45) is 0 Å². The lowest BCUT2D eigenvalue weighted by Crippen LogP contribution is -2.37.